The fourth-order valence-electron chi connectivity index (χ4n) is 2.65. The molecule has 1 atom stereocenters. The Morgan fingerprint density at radius 2 is 1.76 bits per heavy atom. The predicted molar refractivity (Wildman–Crippen MR) is 81.7 cm³/mol. The Morgan fingerprint density at radius 3 is 2.38 bits per heavy atom. The molecular weight excluding hydrogens is 311 g/mol. The van der Waals surface area contributed by atoms with Crippen molar-refractivity contribution in [2.45, 2.75) is 37.8 Å². The van der Waals surface area contributed by atoms with Gasteiger partial charge in [-0.3, -0.25) is 9.59 Å². The van der Waals surface area contributed by atoms with Gasteiger partial charge in [0.15, 0.2) is 0 Å². The fraction of sp³-hybridized carbons (Fsp3) is 0.467. The van der Waals surface area contributed by atoms with Crippen molar-refractivity contribution in [3.8, 4) is 0 Å². The maximum atomic E-state index is 12.6. The molecule has 2 amide bonds. The summed E-state index contributed by atoms with van der Waals surface area (Å²) >= 11 is 11.9. The zero-order valence-corrected chi connectivity index (χ0v) is 13.0. The number of hydrogen-bond donors (Lipinski definition) is 1. The number of hydrogen-bond acceptors (Lipinski definition) is 2. The van der Waals surface area contributed by atoms with E-state index in [-0.39, 0.29) is 17.9 Å². The first-order chi connectivity index (χ1) is 10.0. The first kappa shape index (κ1) is 14.7. The SMILES string of the molecule is O=C(NC1CC1)C1CCCN1C(=O)c1cc(Cl)cc(Cl)c1. The maximum absolute atomic E-state index is 12.6. The third kappa shape index (κ3) is 3.33. The van der Waals surface area contributed by atoms with Gasteiger partial charge in [0.25, 0.3) is 5.91 Å². The summed E-state index contributed by atoms with van der Waals surface area (Å²) in [5, 5.41) is 3.81. The lowest BCUT2D eigenvalue weighted by Crippen LogP contribution is -2.46. The van der Waals surface area contributed by atoms with Gasteiger partial charge in [-0.1, -0.05) is 23.2 Å². The molecular formula is C15H16Cl2N2O2. The molecule has 0 bridgehead atoms. The highest BCUT2D eigenvalue weighted by Crippen LogP contribution is 2.26. The first-order valence-corrected chi connectivity index (χ1v) is 7.87. The summed E-state index contributed by atoms with van der Waals surface area (Å²) in [5.74, 6) is -0.232. The molecule has 2 fully saturated rings. The quantitative estimate of drug-likeness (QED) is 0.928. The maximum Gasteiger partial charge on any atom is 0.254 e. The van der Waals surface area contributed by atoms with E-state index in [9.17, 15) is 9.59 Å². The molecule has 112 valence electrons. The molecule has 1 unspecified atom stereocenters. The van der Waals surface area contributed by atoms with Crippen molar-refractivity contribution in [2.24, 2.45) is 0 Å². The second-order valence-electron chi connectivity index (χ2n) is 5.60. The van der Waals surface area contributed by atoms with E-state index in [1.807, 2.05) is 0 Å². The van der Waals surface area contributed by atoms with Gasteiger partial charge >= 0.3 is 0 Å². The van der Waals surface area contributed by atoms with Gasteiger partial charge in [0.1, 0.15) is 6.04 Å². The van der Waals surface area contributed by atoms with Crippen LogP contribution in [0.1, 0.15) is 36.0 Å². The molecule has 6 heteroatoms. The topological polar surface area (TPSA) is 49.4 Å². The van der Waals surface area contributed by atoms with Gasteiger partial charge in [-0.25, -0.2) is 0 Å². The van der Waals surface area contributed by atoms with Crippen molar-refractivity contribution in [1.82, 2.24) is 10.2 Å². The average molecular weight is 327 g/mol. The van der Waals surface area contributed by atoms with Crippen molar-refractivity contribution in [3.05, 3.63) is 33.8 Å². The lowest BCUT2D eigenvalue weighted by molar-refractivity contribution is -0.125. The summed E-state index contributed by atoms with van der Waals surface area (Å²) in [7, 11) is 0. The zero-order valence-electron chi connectivity index (χ0n) is 11.4. The Bertz CT molecular complexity index is 567. The minimum atomic E-state index is -0.379. The van der Waals surface area contributed by atoms with Crippen LogP contribution < -0.4 is 5.32 Å². The van der Waals surface area contributed by atoms with E-state index in [0.717, 1.165) is 19.3 Å². The van der Waals surface area contributed by atoms with Crippen LogP contribution in [0.4, 0.5) is 0 Å². The highest BCUT2D eigenvalue weighted by molar-refractivity contribution is 6.35. The van der Waals surface area contributed by atoms with Gasteiger partial charge in [-0.2, -0.15) is 0 Å². The summed E-state index contributed by atoms with van der Waals surface area (Å²) in [4.78, 5) is 26.4. The molecule has 1 N–H and O–H groups in total. The van der Waals surface area contributed by atoms with Crippen molar-refractivity contribution >= 4 is 35.0 Å². The van der Waals surface area contributed by atoms with Gasteiger partial charge in [0, 0.05) is 28.2 Å². The molecule has 1 aromatic rings. The molecule has 0 radical (unpaired) electrons. The average Bonchev–Trinajstić information content (AvgIpc) is 3.09. The van der Waals surface area contributed by atoms with E-state index in [2.05, 4.69) is 5.32 Å². The Hall–Kier alpha value is -1.26. The highest BCUT2D eigenvalue weighted by Gasteiger charge is 2.36. The van der Waals surface area contributed by atoms with Gasteiger partial charge in [0.05, 0.1) is 0 Å². The van der Waals surface area contributed by atoms with Crippen LogP contribution >= 0.6 is 23.2 Å². The third-order valence-corrected chi connectivity index (χ3v) is 4.29. The smallest absolute Gasteiger partial charge is 0.254 e. The van der Waals surface area contributed by atoms with Crippen LogP contribution in [0.15, 0.2) is 18.2 Å². The monoisotopic (exact) mass is 326 g/mol. The number of carbonyl (C=O) groups is 2. The third-order valence-electron chi connectivity index (χ3n) is 3.85. The van der Waals surface area contributed by atoms with Crippen LogP contribution in [0, 0.1) is 0 Å². The molecule has 1 heterocycles. The lowest BCUT2D eigenvalue weighted by Gasteiger charge is -2.24. The number of benzene rings is 1. The van der Waals surface area contributed by atoms with Gasteiger partial charge in [-0.05, 0) is 43.9 Å². The summed E-state index contributed by atoms with van der Waals surface area (Å²) < 4.78 is 0. The van der Waals surface area contributed by atoms with E-state index in [4.69, 9.17) is 23.2 Å². The largest absolute Gasteiger partial charge is 0.352 e. The molecule has 1 saturated heterocycles. The first-order valence-electron chi connectivity index (χ1n) is 7.12. The molecule has 1 aliphatic heterocycles. The number of likely N-dealkylation sites (tertiary alicyclic amines) is 1. The van der Waals surface area contributed by atoms with Gasteiger partial charge in [-0.15, -0.1) is 0 Å². The number of nitrogens with zero attached hydrogens (tertiary/aromatic N) is 1. The normalized spacial score (nSPS) is 21.4. The van der Waals surface area contributed by atoms with E-state index in [1.165, 1.54) is 0 Å². The molecule has 0 spiro atoms. The summed E-state index contributed by atoms with van der Waals surface area (Å²) in [5.41, 5.74) is 0.429. The molecule has 3 rings (SSSR count). The van der Waals surface area contributed by atoms with E-state index < -0.39 is 0 Å². The van der Waals surface area contributed by atoms with E-state index >= 15 is 0 Å². The zero-order chi connectivity index (χ0) is 15.0. The number of nitrogens with one attached hydrogen (secondary N) is 1. The van der Waals surface area contributed by atoms with Crippen LogP contribution in [0.5, 0.6) is 0 Å². The highest BCUT2D eigenvalue weighted by atomic mass is 35.5. The molecule has 0 aromatic heterocycles. The number of amides is 2. The molecule has 1 aromatic carbocycles. The second kappa shape index (κ2) is 5.85. The molecule has 4 nitrogen and oxygen atoms in total. The second-order valence-corrected chi connectivity index (χ2v) is 6.47. The van der Waals surface area contributed by atoms with Crippen molar-refractivity contribution in [1.29, 1.82) is 0 Å². The van der Waals surface area contributed by atoms with Crippen molar-refractivity contribution in [2.75, 3.05) is 6.54 Å². The minimum Gasteiger partial charge on any atom is -0.352 e. The summed E-state index contributed by atoms with van der Waals surface area (Å²) in [6, 6.07) is 4.68. The molecule has 21 heavy (non-hydrogen) atoms. The molecule has 2 aliphatic rings. The molecule has 1 aliphatic carbocycles. The van der Waals surface area contributed by atoms with E-state index in [0.29, 0.717) is 34.6 Å². The van der Waals surface area contributed by atoms with Crippen LogP contribution in [0.3, 0.4) is 0 Å². The van der Waals surface area contributed by atoms with E-state index in [1.54, 1.807) is 23.1 Å². The Balaban J connectivity index is 1.77. The van der Waals surface area contributed by atoms with Gasteiger partial charge < -0.3 is 10.2 Å². The summed E-state index contributed by atoms with van der Waals surface area (Å²) in [6.45, 7) is 0.589. The molecule has 1 saturated carbocycles. The van der Waals surface area contributed by atoms with Crippen LogP contribution in [0.2, 0.25) is 10.0 Å². The Morgan fingerprint density at radius 1 is 1.10 bits per heavy atom. The van der Waals surface area contributed by atoms with Crippen molar-refractivity contribution < 1.29 is 9.59 Å². The minimum absolute atomic E-state index is 0.0449. The Labute approximate surface area is 133 Å². The summed E-state index contributed by atoms with van der Waals surface area (Å²) in [6.07, 6.45) is 3.62. The lowest BCUT2D eigenvalue weighted by atomic mass is 10.1. The number of carbonyl (C=O) groups excluding carboxylic acids is 2. The predicted octanol–water partition coefficient (Wildman–Crippen LogP) is 2.88. The van der Waals surface area contributed by atoms with Crippen molar-refractivity contribution in [3.63, 3.8) is 0 Å². The van der Waals surface area contributed by atoms with Crippen LogP contribution in [-0.4, -0.2) is 35.3 Å². The fourth-order valence-corrected chi connectivity index (χ4v) is 3.18. The van der Waals surface area contributed by atoms with Crippen LogP contribution in [0.25, 0.3) is 0 Å². The Kier molecular flexibility index (Phi) is 4.09. The standard InChI is InChI=1S/C15H16Cl2N2O2/c16-10-6-9(7-11(17)8-10)15(21)19-5-1-2-13(19)14(20)18-12-3-4-12/h6-8,12-13H,1-5H2,(H,18,20). The van der Waals surface area contributed by atoms with Gasteiger partial charge in [0.2, 0.25) is 5.91 Å². The van der Waals surface area contributed by atoms with Crippen LogP contribution in [-0.2, 0) is 4.79 Å². The number of halogens is 2. The number of rotatable bonds is 3.